The van der Waals surface area contributed by atoms with Crippen molar-refractivity contribution < 1.29 is 0 Å². The molecule has 3 saturated heterocycles. The summed E-state index contributed by atoms with van der Waals surface area (Å²) >= 11 is 0. The number of piperidine rings is 3. The molecule has 4 fully saturated rings. The number of fused-ring (bicyclic) bond motifs is 4. The lowest BCUT2D eigenvalue weighted by atomic mass is 9.61. The molecule has 120 valence electrons. The number of aromatic amines is 1. The highest BCUT2D eigenvalue weighted by Gasteiger charge is 2.55. The third-order valence-corrected chi connectivity index (χ3v) is 7.26. The van der Waals surface area contributed by atoms with E-state index in [9.17, 15) is 0 Å². The molecule has 3 nitrogen and oxygen atoms in total. The van der Waals surface area contributed by atoms with Crippen LogP contribution in [0, 0.1) is 11.8 Å². The molecule has 5 aliphatic rings. The Morgan fingerprint density at radius 2 is 2.00 bits per heavy atom. The molecule has 0 radical (unpaired) electrons. The molecular weight excluding hydrogens is 282 g/mol. The van der Waals surface area contributed by atoms with Gasteiger partial charge >= 0.3 is 0 Å². The van der Waals surface area contributed by atoms with E-state index in [2.05, 4.69) is 39.5 Å². The molecule has 7 rings (SSSR count). The van der Waals surface area contributed by atoms with Gasteiger partial charge in [-0.05, 0) is 62.1 Å². The second kappa shape index (κ2) is 4.61. The average molecular weight is 307 g/mol. The van der Waals surface area contributed by atoms with Crippen molar-refractivity contribution in [2.24, 2.45) is 11.8 Å². The normalized spacial score (nSPS) is 39.0. The van der Waals surface area contributed by atoms with E-state index in [0.717, 1.165) is 23.9 Å². The van der Waals surface area contributed by atoms with Crippen LogP contribution in [0.5, 0.6) is 0 Å². The van der Waals surface area contributed by atoms with Crippen LogP contribution in [0.3, 0.4) is 0 Å². The Bertz CT molecular complexity index is 763. The predicted octanol–water partition coefficient (Wildman–Crippen LogP) is 3.23. The summed E-state index contributed by atoms with van der Waals surface area (Å²) in [5.41, 5.74) is 4.51. The fourth-order valence-corrected chi connectivity index (χ4v) is 6.48. The first kappa shape index (κ1) is 13.0. The molecule has 5 heterocycles. The van der Waals surface area contributed by atoms with E-state index in [1.165, 1.54) is 56.1 Å². The van der Waals surface area contributed by atoms with Gasteiger partial charge in [0.05, 0.1) is 6.04 Å². The Balaban J connectivity index is 1.50. The quantitative estimate of drug-likeness (QED) is 0.783. The first-order chi connectivity index (χ1) is 11.4. The summed E-state index contributed by atoms with van der Waals surface area (Å²) in [6.45, 7) is 2.50. The highest BCUT2D eigenvalue weighted by atomic mass is 15.3. The van der Waals surface area contributed by atoms with Crippen LogP contribution in [0.25, 0.3) is 10.9 Å². The molecule has 4 aliphatic heterocycles. The van der Waals surface area contributed by atoms with Crippen LogP contribution in [0.1, 0.15) is 43.0 Å². The van der Waals surface area contributed by atoms with Gasteiger partial charge in [0.25, 0.3) is 0 Å². The molecule has 0 amide bonds. The summed E-state index contributed by atoms with van der Waals surface area (Å²) in [7, 11) is 0. The predicted molar refractivity (Wildman–Crippen MR) is 92.5 cm³/mol. The van der Waals surface area contributed by atoms with Gasteiger partial charge in [0.1, 0.15) is 0 Å². The number of para-hydroxylation sites is 1. The smallest absolute Gasteiger partial charge is 0.0547 e. The van der Waals surface area contributed by atoms with Crippen LogP contribution in [0.15, 0.2) is 24.3 Å². The van der Waals surface area contributed by atoms with E-state index >= 15 is 0 Å². The van der Waals surface area contributed by atoms with Crippen molar-refractivity contribution >= 4 is 10.9 Å². The first-order valence-electron chi connectivity index (χ1n) is 9.50. The van der Waals surface area contributed by atoms with Gasteiger partial charge in [-0.15, -0.1) is 0 Å². The Hall–Kier alpha value is -1.32. The average Bonchev–Trinajstić information content (AvgIpc) is 3.01. The Morgan fingerprint density at radius 3 is 3.00 bits per heavy atom. The number of nitrogens with one attached hydrogen (secondary N) is 2. The maximum Gasteiger partial charge on any atom is 0.0547 e. The fourth-order valence-electron chi connectivity index (χ4n) is 6.48. The zero-order chi connectivity index (χ0) is 15.0. The second-order valence-electron chi connectivity index (χ2n) is 8.09. The highest BCUT2D eigenvalue weighted by molar-refractivity contribution is 5.85. The van der Waals surface area contributed by atoms with Gasteiger partial charge in [-0.25, -0.2) is 0 Å². The first-order valence-corrected chi connectivity index (χ1v) is 9.50. The number of aromatic nitrogens is 1. The maximum absolute atomic E-state index is 3.91. The summed E-state index contributed by atoms with van der Waals surface area (Å²) in [5, 5.41) is 5.38. The maximum atomic E-state index is 3.91. The molecule has 1 aromatic carbocycles. The van der Waals surface area contributed by atoms with Gasteiger partial charge in [-0.3, -0.25) is 4.90 Å². The Morgan fingerprint density at radius 1 is 1.04 bits per heavy atom. The lowest BCUT2D eigenvalue weighted by molar-refractivity contribution is -0.0920. The van der Waals surface area contributed by atoms with Crippen LogP contribution in [0.2, 0.25) is 0 Å². The summed E-state index contributed by atoms with van der Waals surface area (Å²) in [6, 6.07) is 11.1. The van der Waals surface area contributed by atoms with Crippen molar-refractivity contribution in [2.45, 2.75) is 50.2 Å². The largest absolute Gasteiger partial charge is 0.357 e. The van der Waals surface area contributed by atoms with E-state index in [4.69, 9.17) is 0 Å². The molecule has 0 spiro atoms. The van der Waals surface area contributed by atoms with Gasteiger partial charge in [0, 0.05) is 35.2 Å². The standard InChI is InChI=1S/C20H25N3/c1-2-6-16-12(4-1)13-9-11-23-17-8-7-15(20(23)19(13)22-16)18-14(17)5-3-10-21-18/h1-2,4,6,14-15,17-18,20-22H,3,5,7-11H2/t14-,15?,17?,18-,20+/m1/s1. The third kappa shape index (κ3) is 1.62. The molecule has 1 aromatic heterocycles. The number of hydrogen-bond donors (Lipinski definition) is 2. The van der Waals surface area contributed by atoms with Crippen molar-refractivity contribution in [2.75, 3.05) is 13.1 Å². The van der Waals surface area contributed by atoms with Crippen molar-refractivity contribution in [3.05, 3.63) is 35.5 Å². The van der Waals surface area contributed by atoms with Gasteiger partial charge in [0.2, 0.25) is 0 Å². The van der Waals surface area contributed by atoms with Crippen molar-refractivity contribution in [1.29, 1.82) is 0 Å². The monoisotopic (exact) mass is 307 g/mol. The molecule has 5 atom stereocenters. The molecule has 2 unspecified atom stereocenters. The van der Waals surface area contributed by atoms with Crippen molar-refractivity contribution in [3.63, 3.8) is 0 Å². The molecular formula is C20H25N3. The minimum Gasteiger partial charge on any atom is -0.357 e. The topological polar surface area (TPSA) is 31.1 Å². The fraction of sp³-hybridized carbons (Fsp3) is 0.600. The number of benzene rings is 1. The van der Waals surface area contributed by atoms with Crippen LogP contribution in [-0.4, -0.2) is 35.1 Å². The summed E-state index contributed by atoms with van der Waals surface area (Å²) in [5.74, 6) is 1.71. The summed E-state index contributed by atoms with van der Waals surface area (Å²) in [4.78, 5) is 6.72. The van der Waals surface area contributed by atoms with Crippen LogP contribution < -0.4 is 5.32 Å². The van der Waals surface area contributed by atoms with Gasteiger partial charge in [-0.1, -0.05) is 18.2 Å². The van der Waals surface area contributed by atoms with E-state index < -0.39 is 0 Å². The third-order valence-electron chi connectivity index (χ3n) is 7.26. The number of hydrogen-bond acceptors (Lipinski definition) is 2. The van der Waals surface area contributed by atoms with E-state index in [-0.39, 0.29) is 0 Å². The van der Waals surface area contributed by atoms with Gasteiger partial charge < -0.3 is 10.3 Å². The minimum absolute atomic E-state index is 0.636. The van der Waals surface area contributed by atoms with Crippen molar-refractivity contribution in [1.82, 2.24) is 15.2 Å². The lowest BCUT2D eigenvalue weighted by Gasteiger charge is -2.61. The number of rotatable bonds is 0. The molecule has 1 aliphatic carbocycles. The van der Waals surface area contributed by atoms with E-state index in [1.807, 2.05) is 0 Å². The van der Waals surface area contributed by atoms with Crippen molar-refractivity contribution in [3.8, 4) is 0 Å². The molecule has 2 bridgehead atoms. The van der Waals surface area contributed by atoms with Crippen LogP contribution in [0.4, 0.5) is 0 Å². The summed E-state index contributed by atoms with van der Waals surface area (Å²) < 4.78 is 0. The molecule has 3 heteroatoms. The molecule has 23 heavy (non-hydrogen) atoms. The lowest BCUT2D eigenvalue weighted by Crippen LogP contribution is -2.67. The zero-order valence-electron chi connectivity index (χ0n) is 13.6. The second-order valence-corrected chi connectivity index (χ2v) is 8.09. The van der Waals surface area contributed by atoms with Crippen LogP contribution >= 0.6 is 0 Å². The molecule has 2 N–H and O–H groups in total. The Labute approximate surface area is 137 Å². The number of H-pyrrole nitrogens is 1. The van der Waals surface area contributed by atoms with Crippen LogP contribution in [-0.2, 0) is 6.42 Å². The van der Waals surface area contributed by atoms with E-state index in [1.54, 1.807) is 11.3 Å². The minimum atomic E-state index is 0.636. The number of nitrogens with zero attached hydrogens (tertiary/aromatic N) is 1. The molecule has 1 saturated carbocycles. The highest BCUT2D eigenvalue weighted by Crippen LogP contribution is 2.54. The Kier molecular flexibility index (Phi) is 2.61. The molecule has 2 aromatic rings. The van der Waals surface area contributed by atoms with Gasteiger partial charge in [-0.2, -0.15) is 0 Å². The van der Waals surface area contributed by atoms with E-state index in [0.29, 0.717) is 6.04 Å². The SMILES string of the molecule is c1ccc2c3c([nH]c2c1)[C@@H]1C2CCC([C@H]4CCCN[C@@H]24)N1CC3. The zero-order valence-corrected chi connectivity index (χ0v) is 13.6. The van der Waals surface area contributed by atoms with Gasteiger partial charge in [0.15, 0.2) is 0 Å². The summed E-state index contributed by atoms with van der Waals surface area (Å²) in [6.07, 6.45) is 6.89.